The van der Waals surface area contributed by atoms with E-state index >= 15 is 0 Å². The molecule has 0 atom stereocenters. The van der Waals surface area contributed by atoms with E-state index < -0.39 is 0 Å². The van der Waals surface area contributed by atoms with Crippen molar-refractivity contribution in [1.82, 2.24) is 9.80 Å². The first-order valence-corrected chi connectivity index (χ1v) is 10.3. The summed E-state index contributed by atoms with van der Waals surface area (Å²) in [6.45, 7) is 9.48. The number of carbonyl (C=O) groups excluding carboxylic acids is 1. The number of hydrogen-bond acceptors (Lipinski definition) is 5. The lowest BCUT2D eigenvalue weighted by Gasteiger charge is -2.38. The molecule has 2 aliphatic rings. The van der Waals surface area contributed by atoms with E-state index in [0.717, 1.165) is 57.4 Å². The van der Waals surface area contributed by atoms with Crippen LogP contribution in [0.1, 0.15) is 31.7 Å². The van der Waals surface area contributed by atoms with Gasteiger partial charge in [0.2, 0.25) is 0 Å². The largest absolute Gasteiger partial charge is 0.368 e. The van der Waals surface area contributed by atoms with Crippen LogP contribution >= 0.6 is 11.6 Å². The normalized spacial score (nSPS) is 19.8. The van der Waals surface area contributed by atoms with Crippen molar-refractivity contribution in [3.05, 3.63) is 28.8 Å². The molecule has 0 aromatic heterocycles. The third kappa shape index (κ3) is 5.44. The van der Waals surface area contributed by atoms with Crippen LogP contribution in [0.3, 0.4) is 0 Å². The lowest BCUT2D eigenvalue weighted by molar-refractivity contribution is -0.118. The molecule has 5 nitrogen and oxygen atoms in total. The zero-order chi connectivity index (χ0) is 19.2. The molecule has 27 heavy (non-hydrogen) atoms. The molecule has 3 rings (SSSR count). The summed E-state index contributed by atoms with van der Waals surface area (Å²) in [4.78, 5) is 18.3. The Morgan fingerprint density at radius 2 is 1.85 bits per heavy atom. The lowest BCUT2D eigenvalue weighted by Crippen LogP contribution is -2.47. The van der Waals surface area contributed by atoms with Gasteiger partial charge in [0.15, 0.2) is 0 Å². The molecule has 2 aliphatic heterocycles. The van der Waals surface area contributed by atoms with Crippen LogP contribution in [0.4, 0.5) is 5.69 Å². The lowest BCUT2D eigenvalue weighted by atomic mass is 9.93. The van der Waals surface area contributed by atoms with E-state index in [2.05, 4.69) is 20.8 Å². The van der Waals surface area contributed by atoms with Crippen molar-refractivity contribution in [1.29, 1.82) is 5.26 Å². The molecule has 0 saturated carbocycles. The van der Waals surface area contributed by atoms with Crippen LogP contribution in [0.5, 0.6) is 0 Å². The number of halogens is 1. The van der Waals surface area contributed by atoms with E-state index in [9.17, 15) is 10.1 Å². The Morgan fingerprint density at radius 1 is 1.15 bits per heavy atom. The molecule has 0 amide bonds. The number of nitrogens with zero attached hydrogens (tertiary/aromatic N) is 4. The van der Waals surface area contributed by atoms with Crippen molar-refractivity contribution in [3.63, 3.8) is 0 Å². The number of benzene rings is 1. The fourth-order valence-electron chi connectivity index (χ4n) is 4.21. The van der Waals surface area contributed by atoms with Gasteiger partial charge < -0.3 is 4.90 Å². The van der Waals surface area contributed by atoms with E-state index in [1.54, 1.807) is 13.0 Å². The molecule has 0 spiro atoms. The summed E-state index contributed by atoms with van der Waals surface area (Å²) in [5, 5.41) is 9.92. The second-order valence-electron chi connectivity index (χ2n) is 7.78. The highest BCUT2D eigenvalue weighted by Crippen LogP contribution is 2.28. The average molecular weight is 389 g/mol. The first-order valence-electron chi connectivity index (χ1n) is 9.94. The van der Waals surface area contributed by atoms with Gasteiger partial charge in [0.25, 0.3) is 0 Å². The van der Waals surface area contributed by atoms with Gasteiger partial charge in [-0.1, -0.05) is 17.7 Å². The second-order valence-corrected chi connectivity index (χ2v) is 8.19. The minimum absolute atomic E-state index is 0.269. The number of nitriles is 1. The number of ketones is 1. The van der Waals surface area contributed by atoms with E-state index in [1.165, 1.54) is 19.3 Å². The molecule has 2 fully saturated rings. The predicted molar refractivity (Wildman–Crippen MR) is 109 cm³/mol. The Balaban J connectivity index is 1.41. The Bertz CT molecular complexity index is 686. The van der Waals surface area contributed by atoms with Crippen LogP contribution in [0.2, 0.25) is 5.02 Å². The molecule has 2 saturated heterocycles. The summed E-state index contributed by atoms with van der Waals surface area (Å²) >= 11 is 6.17. The molecule has 0 aliphatic carbocycles. The SMILES string of the molecule is CC(=O)CN1CCC(CCN2CCN(c3cccc(Cl)c3C#N)CC2)CC1. The molecule has 0 N–H and O–H groups in total. The van der Waals surface area contributed by atoms with E-state index in [0.29, 0.717) is 17.1 Å². The van der Waals surface area contributed by atoms with Crippen molar-refractivity contribution in [2.75, 3.05) is 57.3 Å². The van der Waals surface area contributed by atoms with Crippen LogP contribution < -0.4 is 4.90 Å². The summed E-state index contributed by atoms with van der Waals surface area (Å²) in [6.07, 6.45) is 3.66. The highest BCUT2D eigenvalue weighted by molar-refractivity contribution is 6.32. The molecule has 6 heteroatoms. The molecule has 1 aromatic rings. The molecular formula is C21H29ClN4O. The first kappa shape index (κ1) is 20.1. The monoisotopic (exact) mass is 388 g/mol. The van der Waals surface area contributed by atoms with Gasteiger partial charge in [0.05, 0.1) is 22.8 Å². The number of piperidine rings is 1. The quantitative estimate of drug-likeness (QED) is 0.749. The van der Waals surface area contributed by atoms with Crippen molar-refractivity contribution < 1.29 is 4.79 Å². The topological polar surface area (TPSA) is 50.6 Å². The van der Waals surface area contributed by atoms with E-state index in [1.807, 2.05) is 12.1 Å². The van der Waals surface area contributed by atoms with E-state index in [-0.39, 0.29) is 5.78 Å². The van der Waals surface area contributed by atoms with Crippen LogP contribution in [-0.2, 0) is 4.79 Å². The standard InChI is InChI=1S/C21H29ClN4O/c1-17(27)16-25-9-6-18(7-10-25)5-8-24-11-13-26(14-12-24)21-4-2-3-20(22)19(21)15-23/h2-4,18H,5-14,16H2,1H3. The minimum atomic E-state index is 0.269. The summed E-state index contributed by atoms with van der Waals surface area (Å²) in [7, 11) is 0. The van der Waals surface area contributed by atoms with Gasteiger partial charge in [-0.2, -0.15) is 5.26 Å². The Morgan fingerprint density at radius 3 is 2.48 bits per heavy atom. The fraction of sp³-hybridized carbons (Fsp3) is 0.619. The van der Waals surface area contributed by atoms with Crippen LogP contribution in [-0.4, -0.2) is 67.9 Å². The maximum Gasteiger partial charge on any atom is 0.143 e. The molecule has 0 unspecified atom stereocenters. The first-order chi connectivity index (χ1) is 13.1. The summed E-state index contributed by atoms with van der Waals surface area (Å²) in [5.74, 6) is 1.05. The van der Waals surface area contributed by atoms with Gasteiger partial charge in [-0.05, 0) is 63.9 Å². The molecule has 0 radical (unpaired) electrons. The number of piperazine rings is 1. The predicted octanol–water partition coefficient (Wildman–Crippen LogP) is 3.02. The number of rotatable bonds is 6. The summed E-state index contributed by atoms with van der Waals surface area (Å²) < 4.78 is 0. The molecule has 1 aromatic carbocycles. The fourth-order valence-corrected chi connectivity index (χ4v) is 4.42. The maximum absolute atomic E-state index is 11.2. The summed E-state index contributed by atoms with van der Waals surface area (Å²) in [6, 6.07) is 7.94. The van der Waals surface area contributed by atoms with Gasteiger partial charge >= 0.3 is 0 Å². The van der Waals surface area contributed by atoms with E-state index in [4.69, 9.17) is 11.6 Å². The Labute approximate surface area is 167 Å². The summed E-state index contributed by atoms with van der Waals surface area (Å²) in [5.41, 5.74) is 1.55. The zero-order valence-electron chi connectivity index (χ0n) is 16.2. The van der Waals surface area contributed by atoms with Crippen LogP contribution in [0, 0.1) is 17.2 Å². The van der Waals surface area contributed by atoms with Gasteiger partial charge in [0, 0.05) is 26.2 Å². The van der Waals surface area contributed by atoms with Gasteiger partial charge in [-0.3, -0.25) is 14.6 Å². The number of Topliss-reactive ketones (excluding diaryl/α,β-unsaturated/α-hetero) is 1. The van der Waals surface area contributed by atoms with Crippen LogP contribution in [0.25, 0.3) is 0 Å². The minimum Gasteiger partial charge on any atom is -0.368 e. The second kappa shape index (κ2) is 9.54. The van der Waals surface area contributed by atoms with Crippen molar-refractivity contribution in [2.24, 2.45) is 5.92 Å². The Hall–Kier alpha value is -1.61. The maximum atomic E-state index is 11.2. The average Bonchev–Trinajstić information content (AvgIpc) is 2.67. The third-order valence-corrected chi connectivity index (χ3v) is 6.14. The van der Waals surface area contributed by atoms with Crippen molar-refractivity contribution in [3.8, 4) is 6.07 Å². The number of anilines is 1. The molecule has 2 heterocycles. The number of likely N-dealkylation sites (tertiary alicyclic amines) is 1. The number of carbonyl (C=O) groups is 1. The number of hydrogen-bond donors (Lipinski definition) is 0. The Kier molecular flexibility index (Phi) is 7.12. The molecular weight excluding hydrogens is 360 g/mol. The highest BCUT2D eigenvalue weighted by Gasteiger charge is 2.23. The van der Waals surface area contributed by atoms with Gasteiger partial charge in [0.1, 0.15) is 11.9 Å². The zero-order valence-corrected chi connectivity index (χ0v) is 16.9. The highest BCUT2D eigenvalue weighted by atomic mass is 35.5. The van der Waals surface area contributed by atoms with Crippen molar-refractivity contribution >= 4 is 23.1 Å². The van der Waals surface area contributed by atoms with Crippen molar-refractivity contribution in [2.45, 2.75) is 26.2 Å². The van der Waals surface area contributed by atoms with Gasteiger partial charge in [-0.15, -0.1) is 0 Å². The molecule has 0 bridgehead atoms. The third-order valence-electron chi connectivity index (χ3n) is 5.82. The van der Waals surface area contributed by atoms with Gasteiger partial charge in [-0.25, -0.2) is 0 Å². The molecule has 146 valence electrons. The smallest absolute Gasteiger partial charge is 0.143 e. The van der Waals surface area contributed by atoms with Crippen LogP contribution in [0.15, 0.2) is 18.2 Å².